The van der Waals surface area contributed by atoms with Gasteiger partial charge in [0.2, 0.25) is 0 Å². The van der Waals surface area contributed by atoms with Crippen LogP contribution in [-0.2, 0) is 0 Å². The van der Waals surface area contributed by atoms with Crippen LogP contribution in [0.2, 0.25) is 5.02 Å². The van der Waals surface area contributed by atoms with Gasteiger partial charge in [0.15, 0.2) is 0 Å². The van der Waals surface area contributed by atoms with Crippen LogP contribution >= 0.6 is 11.6 Å². The fourth-order valence-corrected chi connectivity index (χ4v) is 2.17. The molecule has 98 valence electrons. The Hall–Kier alpha value is -2.07. The third kappa shape index (κ3) is 2.53. The van der Waals surface area contributed by atoms with Crippen molar-refractivity contribution in [1.29, 1.82) is 0 Å². The Morgan fingerprint density at radius 1 is 1.21 bits per heavy atom. The molecule has 0 atom stereocenters. The Kier molecular flexibility index (Phi) is 3.71. The van der Waals surface area contributed by atoms with Gasteiger partial charge in [-0.05, 0) is 24.3 Å². The molecule has 0 fully saturated rings. The molecule has 0 saturated heterocycles. The zero-order valence-electron chi connectivity index (χ0n) is 10.1. The van der Waals surface area contributed by atoms with Gasteiger partial charge in [0.1, 0.15) is 5.82 Å². The van der Waals surface area contributed by atoms with Crippen LogP contribution < -0.4 is 4.90 Å². The van der Waals surface area contributed by atoms with Gasteiger partial charge in [-0.1, -0.05) is 29.8 Å². The molecule has 2 rings (SSSR count). The highest BCUT2D eigenvalue weighted by molar-refractivity contribution is 6.34. The molecule has 0 aliphatic heterocycles. The molecule has 0 aliphatic carbocycles. The number of hydrogen-bond donors (Lipinski definition) is 1. The van der Waals surface area contributed by atoms with E-state index in [9.17, 15) is 14.3 Å². The summed E-state index contributed by atoms with van der Waals surface area (Å²) in [5.74, 6) is -1.55. The fraction of sp³-hybridized carbons (Fsp3) is 0.0714. The van der Waals surface area contributed by atoms with E-state index < -0.39 is 11.8 Å². The fourth-order valence-electron chi connectivity index (χ4n) is 1.87. The predicted octanol–water partition coefficient (Wildman–Crippen LogP) is 3.95. The first kappa shape index (κ1) is 13.4. The number of nitrogens with zero attached hydrogens (tertiary/aromatic N) is 1. The lowest BCUT2D eigenvalue weighted by Crippen LogP contribution is -2.15. The zero-order valence-corrected chi connectivity index (χ0v) is 10.9. The van der Waals surface area contributed by atoms with Gasteiger partial charge in [-0.25, -0.2) is 9.18 Å². The smallest absolute Gasteiger partial charge is 0.337 e. The van der Waals surface area contributed by atoms with Crippen LogP contribution in [0.3, 0.4) is 0 Å². The number of rotatable bonds is 3. The average molecular weight is 280 g/mol. The van der Waals surface area contributed by atoms with E-state index in [2.05, 4.69) is 0 Å². The number of anilines is 2. The van der Waals surface area contributed by atoms with Gasteiger partial charge in [0, 0.05) is 7.05 Å². The van der Waals surface area contributed by atoms with E-state index in [0.29, 0.717) is 0 Å². The van der Waals surface area contributed by atoms with Crippen LogP contribution in [0.15, 0.2) is 42.5 Å². The minimum atomic E-state index is -1.11. The second kappa shape index (κ2) is 5.28. The molecule has 2 aromatic rings. The van der Waals surface area contributed by atoms with E-state index in [1.807, 2.05) is 0 Å². The summed E-state index contributed by atoms with van der Waals surface area (Å²) in [4.78, 5) is 12.6. The lowest BCUT2D eigenvalue weighted by Gasteiger charge is -2.23. The minimum absolute atomic E-state index is 0.0262. The molecule has 0 saturated carbocycles. The number of carboxylic acid groups (broad SMARTS) is 1. The average Bonchev–Trinajstić information content (AvgIpc) is 2.38. The third-order valence-electron chi connectivity index (χ3n) is 2.77. The molecule has 2 aromatic carbocycles. The number of halogens is 2. The van der Waals surface area contributed by atoms with Crippen molar-refractivity contribution in [2.45, 2.75) is 0 Å². The molecule has 19 heavy (non-hydrogen) atoms. The maximum absolute atomic E-state index is 13.8. The van der Waals surface area contributed by atoms with Crippen LogP contribution in [0.5, 0.6) is 0 Å². The number of carboxylic acids is 1. The van der Waals surface area contributed by atoms with Crippen molar-refractivity contribution >= 4 is 28.9 Å². The summed E-state index contributed by atoms with van der Waals surface area (Å²) < 4.78 is 13.8. The molecule has 0 amide bonds. The van der Waals surface area contributed by atoms with Crippen molar-refractivity contribution < 1.29 is 14.3 Å². The van der Waals surface area contributed by atoms with Crippen LogP contribution in [0.25, 0.3) is 0 Å². The molecule has 0 unspecified atom stereocenters. The highest BCUT2D eigenvalue weighted by Gasteiger charge is 2.19. The van der Waals surface area contributed by atoms with Crippen molar-refractivity contribution in [2.75, 3.05) is 11.9 Å². The summed E-state index contributed by atoms with van der Waals surface area (Å²) in [6.07, 6.45) is 0. The SMILES string of the molecule is CN(c1ccccc1F)c1c(Cl)cccc1C(=O)O. The predicted molar refractivity (Wildman–Crippen MR) is 72.9 cm³/mol. The van der Waals surface area contributed by atoms with E-state index in [0.717, 1.165) is 0 Å². The Bertz CT molecular complexity index is 631. The minimum Gasteiger partial charge on any atom is -0.478 e. The summed E-state index contributed by atoms with van der Waals surface area (Å²) in [7, 11) is 1.58. The van der Waals surface area contributed by atoms with Gasteiger partial charge >= 0.3 is 5.97 Å². The highest BCUT2D eigenvalue weighted by atomic mass is 35.5. The molecule has 1 N–H and O–H groups in total. The van der Waals surface area contributed by atoms with Crippen molar-refractivity contribution in [2.24, 2.45) is 0 Å². The molecular weight excluding hydrogens is 269 g/mol. The second-order valence-corrected chi connectivity index (χ2v) is 4.36. The van der Waals surface area contributed by atoms with Gasteiger partial charge < -0.3 is 10.0 Å². The van der Waals surface area contributed by atoms with E-state index >= 15 is 0 Å². The molecule has 3 nitrogen and oxygen atoms in total. The number of carbonyl (C=O) groups is 1. The largest absolute Gasteiger partial charge is 0.478 e. The molecule has 0 spiro atoms. The Morgan fingerprint density at radius 2 is 1.89 bits per heavy atom. The topological polar surface area (TPSA) is 40.5 Å². The molecule has 0 aliphatic rings. The summed E-state index contributed by atoms with van der Waals surface area (Å²) in [6, 6.07) is 10.7. The first-order chi connectivity index (χ1) is 9.02. The lowest BCUT2D eigenvalue weighted by atomic mass is 10.1. The summed E-state index contributed by atoms with van der Waals surface area (Å²) in [5, 5.41) is 9.43. The van der Waals surface area contributed by atoms with Gasteiger partial charge in [-0.2, -0.15) is 0 Å². The van der Waals surface area contributed by atoms with Crippen LogP contribution in [0, 0.1) is 5.82 Å². The zero-order chi connectivity index (χ0) is 14.0. The number of hydrogen-bond acceptors (Lipinski definition) is 2. The van der Waals surface area contributed by atoms with Gasteiger partial charge in [0.25, 0.3) is 0 Å². The second-order valence-electron chi connectivity index (χ2n) is 3.95. The standard InChI is InChI=1S/C14H11ClFNO2/c1-17(12-8-3-2-7-11(12)16)13-9(14(18)19)5-4-6-10(13)15/h2-8H,1H3,(H,18,19). The van der Waals surface area contributed by atoms with Crippen molar-refractivity contribution in [3.05, 3.63) is 58.9 Å². The van der Waals surface area contributed by atoms with E-state index in [-0.39, 0.29) is 22.0 Å². The van der Waals surface area contributed by atoms with Crippen LogP contribution in [0.1, 0.15) is 10.4 Å². The first-order valence-electron chi connectivity index (χ1n) is 5.52. The van der Waals surface area contributed by atoms with Crippen molar-refractivity contribution in [3.63, 3.8) is 0 Å². The van der Waals surface area contributed by atoms with Gasteiger partial charge in [-0.3, -0.25) is 0 Å². The molecule has 0 bridgehead atoms. The number of aromatic carboxylic acids is 1. The van der Waals surface area contributed by atoms with E-state index in [1.165, 1.54) is 17.0 Å². The normalized spacial score (nSPS) is 10.3. The summed E-state index contributed by atoms with van der Waals surface area (Å²) in [5.41, 5.74) is 0.554. The third-order valence-corrected chi connectivity index (χ3v) is 3.07. The summed E-state index contributed by atoms with van der Waals surface area (Å²) in [6.45, 7) is 0. The molecule has 0 heterocycles. The van der Waals surface area contributed by atoms with E-state index in [4.69, 9.17) is 11.6 Å². The van der Waals surface area contributed by atoms with Crippen LogP contribution in [0.4, 0.5) is 15.8 Å². The lowest BCUT2D eigenvalue weighted by molar-refractivity contribution is 0.0697. The highest BCUT2D eigenvalue weighted by Crippen LogP contribution is 2.34. The van der Waals surface area contributed by atoms with Gasteiger partial charge in [-0.15, -0.1) is 0 Å². The Morgan fingerprint density at radius 3 is 2.53 bits per heavy atom. The van der Waals surface area contributed by atoms with E-state index in [1.54, 1.807) is 37.4 Å². The maximum atomic E-state index is 13.8. The maximum Gasteiger partial charge on any atom is 0.337 e. The monoisotopic (exact) mass is 279 g/mol. The number of benzene rings is 2. The quantitative estimate of drug-likeness (QED) is 0.925. The number of para-hydroxylation sites is 2. The molecule has 5 heteroatoms. The van der Waals surface area contributed by atoms with Crippen molar-refractivity contribution in [3.8, 4) is 0 Å². The Balaban J connectivity index is 2.59. The van der Waals surface area contributed by atoms with Crippen molar-refractivity contribution in [1.82, 2.24) is 0 Å². The molecule has 0 radical (unpaired) electrons. The summed E-state index contributed by atoms with van der Waals surface area (Å²) >= 11 is 6.04. The van der Waals surface area contributed by atoms with Gasteiger partial charge in [0.05, 0.1) is 22.0 Å². The molecule has 0 aromatic heterocycles. The first-order valence-corrected chi connectivity index (χ1v) is 5.90. The molecular formula is C14H11ClFNO2. The van der Waals surface area contributed by atoms with Crippen LogP contribution in [-0.4, -0.2) is 18.1 Å². The Labute approximate surface area is 114 Å².